The summed E-state index contributed by atoms with van der Waals surface area (Å²) >= 11 is 11.7. The Morgan fingerprint density at radius 2 is 2.13 bits per heavy atom. The summed E-state index contributed by atoms with van der Waals surface area (Å²) in [6, 6.07) is 5.10. The number of hydrogen-bond acceptors (Lipinski definition) is 2. The minimum absolute atomic E-state index is 0.0111. The van der Waals surface area contributed by atoms with Gasteiger partial charge in [0.2, 0.25) is 5.91 Å². The van der Waals surface area contributed by atoms with Crippen LogP contribution in [0.25, 0.3) is 0 Å². The summed E-state index contributed by atoms with van der Waals surface area (Å²) in [4.78, 5) is 11.6. The van der Waals surface area contributed by atoms with Crippen LogP contribution in [0.3, 0.4) is 0 Å². The molecule has 2 atom stereocenters. The maximum atomic E-state index is 11.6. The van der Waals surface area contributed by atoms with Crippen molar-refractivity contribution in [3.8, 4) is 0 Å². The highest BCUT2D eigenvalue weighted by atomic mass is 35.5. The van der Waals surface area contributed by atoms with Crippen LogP contribution in [0.5, 0.6) is 0 Å². The SMILES string of the molecule is NC1CC1C(=O)Nc1cccc(Cl)c1Cl. The van der Waals surface area contributed by atoms with Crippen molar-refractivity contribution in [3.63, 3.8) is 0 Å². The minimum atomic E-state index is -0.0910. The molecule has 0 aliphatic heterocycles. The number of rotatable bonds is 2. The highest BCUT2D eigenvalue weighted by Gasteiger charge is 2.40. The molecule has 0 radical (unpaired) electrons. The fourth-order valence-electron chi connectivity index (χ4n) is 1.34. The van der Waals surface area contributed by atoms with Gasteiger partial charge in [0, 0.05) is 6.04 Å². The lowest BCUT2D eigenvalue weighted by Gasteiger charge is -2.07. The third-order valence-electron chi connectivity index (χ3n) is 2.39. The molecule has 0 bridgehead atoms. The zero-order valence-corrected chi connectivity index (χ0v) is 9.35. The van der Waals surface area contributed by atoms with Crippen LogP contribution in [-0.2, 0) is 4.79 Å². The number of carbonyl (C=O) groups is 1. The maximum absolute atomic E-state index is 11.6. The van der Waals surface area contributed by atoms with Crippen molar-refractivity contribution in [2.24, 2.45) is 11.7 Å². The second-order valence-electron chi connectivity index (χ2n) is 3.60. The van der Waals surface area contributed by atoms with E-state index >= 15 is 0 Å². The lowest BCUT2D eigenvalue weighted by molar-refractivity contribution is -0.117. The Morgan fingerprint density at radius 1 is 1.47 bits per heavy atom. The number of benzene rings is 1. The molecule has 0 heterocycles. The van der Waals surface area contributed by atoms with Crippen LogP contribution in [0.15, 0.2) is 18.2 Å². The van der Waals surface area contributed by atoms with Gasteiger partial charge in [-0.3, -0.25) is 4.79 Å². The molecule has 80 valence electrons. The normalized spacial score (nSPS) is 23.7. The molecule has 5 heteroatoms. The van der Waals surface area contributed by atoms with Gasteiger partial charge in [0.25, 0.3) is 0 Å². The van der Waals surface area contributed by atoms with Gasteiger partial charge >= 0.3 is 0 Å². The zero-order valence-electron chi connectivity index (χ0n) is 7.84. The third kappa shape index (κ3) is 2.25. The second-order valence-corrected chi connectivity index (χ2v) is 4.38. The summed E-state index contributed by atoms with van der Waals surface area (Å²) in [7, 11) is 0. The second kappa shape index (κ2) is 4.00. The minimum Gasteiger partial charge on any atom is -0.327 e. The molecule has 15 heavy (non-hydrogen) atoms. The summed E-state index contributed by atoms with van der Waals surface area (Å²) < 4.78 is 0. The molecular weight excluding hydrogens is 235 g/mol. The van der Waals surface area contributed by atoms with Crippen molar-refractivity contribution in [3.05, 3.63) is 28.2 Å². The van der Waals surface area contributed by atoms with E-state index in [0.29, 0.717) is 15.7 Å². The van der Waals surface area contributed by atoms with E-state index < -0.39 is 0 Å². The Kier molecular flexibility index (Phi) is 2.87. The van der Waals surface area contributed by atoms with Gasteiger partial charge < -0.3 is 11.1 Å². The first kappa shape index (κ1) is 10.7. The van der Waals surface area contributed by atoms with Gasteiger partial charge in [-0.15, -0.1) is 0 Å². The van der Waals surface area contributed by atoms with Crippen molar-refractivity contribution in [2.45, 2.75) is 12.5 Å². The molecule has 1 saturated carbocycles. The van der Waals surface area contributed by atoms with E-state index in [-0.39, 0.29) is 17.9 Å². The highest BCUT2D eigenvalue weighted by molar-refractivity contribution is 6.44. The first-order chi connectivity index (χ1) is 7.09. The highest BCUT2D eigenvalue weighted by Crippen LogP contribution is 2.33. The Morgan fingerprint density at radius 3 is 2.73 bits per heavy atom. The number of halogens is 2. The van der Waals surface area contributed by atoms with Crippen LogP contribution >= 0.6 is 23.2 Å². The van der Waals surface area contributed by atoms with E-state index in [1.807, 2.05) is 0 Å². The van der Waals surface area contributed by atoms with Gasteiger partial charge in [-0.25, -0.2) is 0 Å². The number of anilines is 1. The maximum Gasteiger partial charge on any atom is 0.229 e. The van der Waals surface area contributed by atoms with Crippen molar-refractivity contribution in [2.75, 3.05) is 5.32 Å². The van der Waals surface area contributed by atoms with Crippen LogP contribution in [0.4, 0.5) is 5.69 Å². The molecule has 1 aliphatic carbocycles. The van der Waals surface area contributed by atoms with Crippen LogP contribution in [0.1, 0.15) is 6.42 Å². The Bertz CT molecular complexity index is 408. The van der Waals surface area contributed by atoms with Crippen molar-refractivity contribution in [1.29, 1.82) is 0 Å². The third-order valence-corrected chi connectivity index (χ3v) is 3.20. The molecule has 1 aromatic rings. The largest absolute Gasteiger partial charge is 0.327 e. The topological polar surface area (TPSA) is 55.1 Å². The van der Waals surface area contributed by atoms with Crippen LogP contribution in [0.2, 0.25) is 10.0 Å². The van der Waals surface area contributed by atoms with Crippen molar-refractivity contribution >= 4 is 34.8 Å². The molecular formula is C10H10Cl2N2O. The van der Waals surface area contributed by atoms with Crippen molar-refractivity contribution < 1.29 is 4.79 Å². The first-order valence-electron chi connectivity index (χ1n) is 4.60. The summed E-state index contributed by atoms with van der Waals surface area (Å²) in [5, 5.41) is 3.50. The fraction of sp³-hybridized carbons (Fsp3) is 0.300. The Balaban J connectivity index is 2.10. The Hall–Kier alpha value is -0.770. The number of carbonyl (C=O) groups excluding carboxylic acids is 1. The van der Waals surface area contributed by atoms with Crippen LogP contribution < -0.4 is 11.1 Å². The molecule has 0 aromatic heterocycles. The summed E-state index contributed by atoms with van der Waals surface area (Å²) in [5.74, 6) is -0.174. The monoisotopic (exact) mass is 244 g/mol. The number of nitrogens with two attached hydrogens (primary N) is 1. The molecule has 2 rings (SSSR count). The molecule has 0 saturated heterocycles. The number of nitrogens with one attached hydrogen (secondary N) is 1. The molecule has 0 spiro atoms. The van der Waals surface area contributed by atoms with Gasteiger partial charge in [-0.05, 0) is 18.6 Å². The van der Waals surface area contributed by atoms with E-state index in [2.05, 4.69) is 5.32 Å². The van der Waals surface area contributed by atoms with Gasteiger partial charge in [-0.2, -0.15) is 0 Å². The van der Waals surface area contributed by atoms with E-state index in [9.17, 15) is 4.79 Å². The summed E-state index contributed by atoms with van der Waals surface area (Å²) in [5.41, 5.74) is 6.10. The molecule has 1 fully saturated rings. The van der Waals surface area contributed by atoms with E-state index in [1.54, 1.807) is 18.2 Å². The molecule has 1 aliphatic rings. The van der Waals surface area contributed by atoms with E-state index in [1.165, 1.54) is 0 Å². The molecule has 3 nitrogen and oxygen atoms in total. The average Bonchev–Trinajstić information content (AvgIpc) is 2.91. The van der Waals surface area contributed by atoms with Gasteiger partial charge in [0.05, 0.1) is 21.7 Å². The lowest BCUT2D eigenvalue weighted by atomic mass is 10.3. The fourth-order valence-corrected chi connectivity index (χ4v) is 1.69. The standard InChI is InChI=1S/C10H10Cl2N2O/c11-6-2-1-3-8(9(6)12)14-10(15)5-4-7(5)13/h1-3,5,7H,4,13H2,(H,14,15). The first-order valence-corrected chi connectivity index (χ1v) is 5.35. The number of hydrogen-bond donors (Lipinski definition) is 2. The quantitative estimate of drug-likeness (QED) is 0.839. The van der Waals surface area contributed by atoms with E-state index in [4.69, 9.17) is 28.9 Å². The van der Waals surface area contributed by atoms with Crippen LogP contribution in [0, 0.1) is 5.92 Å². The van der Waals surface area contributed by atoms with Gasteiger partial charge in [0.15, 0.2) is 0 Å². The lowest BCUT2D eigenvalue weighted by Crippen LogP contribution is -2.18. The number of amides is 1. The van der Waals surface area contributed by atoms with E-state index in [0.717, 1.165) is 6.42 Å². The molecule has 1 aromatic carbocycles. The summed E-state index contributed by atoms with van der Waals surface area (Å²) in [6.45, 7) is 0. The predicted molar refractivity (Wildman–Crippen MR) is 61.2 cm³/mol. The smallest absolute Gasteiger partial charge is 0.229 e. The van der Waals surface area contributed by atoms with Gasteiger partial charge in [0.1, 0.15) is 0 Å². The molecule has 3 N–H and O–H groups in total. The molecule has 1 amide bonds. The molecule has 2 unspecified atom stereocenters. The van der Waals surface area contributed by atoms with Crippen molar-refractivity contribution in [1.82, 2.24) is 0 Å². The Labute approximate surface area is 97.5 Å². The zero-order chi connectivity index (χ0) is 11.0. The van der Waals surface area contributed by atoms with Crippen LogP contribution in [-0.4, -0.2) is 11.9 Å². The predicted octanol–water partition coefficient (Wildman–Crippen LogP) is 2.28. The summed E-state index contributed by atoms with van der Waals surface area (Å²) in [6.07, 6.45) is 0.740. The van der Waals surface area contributed by atoms with Gasteiger partial charge in [-0.1, -0.05) is 29.3 Å². The average molecular weight is 245 g/mol.